The van der Waals surface area contributed by atoms with Crippen molar-refractivity contribution in [1.82, 2.24) is 4.90 Å². The molecule has 1 heterocycles. The number of hydrogen-bond donors (Lipinski definition) is 1. The van der Waals surface area contributed by atoms with Gasteiger partial charge in [0.2, 0.25) is 6.41 Å². The van der Waals surface area contributed by atoms with Crippen LogP contribution in [-0.4, -0.2) is 24.6 Å². The number of aryl methyl sites for hydroxylation is 1. The van der Waals surface area contributed by atoms with Crippen LogP contribution in [0.15, 0.2) is 53.1 Å². The molecule has 28 heavy (non-hydrogen) atoms. The highest BCUT2D eigenvalue weighted by molar-refractivity contribution is 7.99. The average molecular weight is 393 g/mol. The zero-order chi connectivity index (χ0) is 19.7. The molecule has 1 saturated carbocycles. The molecule has 2 aromatic carbocycles. The van der Waals surface area contributed by atoms with Gasteiger partial charge in [-0.3, -0.25) is 4.79 Å². The van der Waals surface area contributed by atoms with Crippen molar-refractivity contribution in [3.05, 3.63) is 71.1 Å². The van der Waals surface area contributed by atoms with Crippen molar-refractivity contribution in [2.75, 3.05) is 18.0 Å². The molecule has 1 fully saturated rings. The minimum atomic E-state index is 0.542. The standard InChI is InChI=1S/C23H24N2O2S/c1-15-6-4-5-7-19(15)21(13-25(2)14-26)20-12-18(24-28-3)10-17-11-22(16-8-9-16)27-23(17)20/h4-7,10-14,16,24H,8-9H2,1-3H3/b21-13+. The number of benzene rings is 2. The molecule has 0 atom stereocenters. The van der Waals surface area contributed by atoms with Crippen LogP contribution >= 0.6 is 11.9 Å². The topological polar surface area (TPSA) is 45.5 Å². The van der Waals surface area contributed by atoms with Crippen LogP contribution in [0.3, 0.4) is 0 Å². The first-order chi connectivity index (χ1) is 13.6. The van der Waals surface area contributed by atoms with Crippen LogP contribution < -0.4 is 4.72 Å². The molecule has 0 saturated heterocycles. The van der Waals surface area contributed by atoms with Gasteiger partial charge < -0.3 is 14.0 Å². The van der Waals surface area contributed by atoms with Gasteiger partial charge in [-0.1, -0.05) is 36.2 Å². The fourth-order valence-corrected chi connectivity index (χ4v) is 3.87. The summed E-state index contributed by atoms with van der Waals surface area (Å²) in [6, 6.07) is 14.6. The van der Waals surface area contributed by atoms with Gasteiger partial charge in [-0.15, -0.1) is 0 Å². The molecule has 4 rings (SSSR count). The van der Waals surface area contributed by atoms with Gasteiger partial charge in [0, 0.05) is 47.6 Å². The van der Waals surface area contributed by atoms with Crippen LogP contribution in [0.4, 0.5) is 5.69 Å². The Labute approximate surface area is 169 Å². The van der Waals surface area contributed by atoms with Crippen LogP contribution in [0.1, 0.15) is 41.2 Å². The number of nitrogens with one attached hydrogen (secondary N) is 1. The van der Waals surface area contributed by atoms with E-state index in [1.54, 1.807) is 23.9 Å². The minimum Gasteiger partial charge on any atom is -0.460 e. The van der Waals surface area contributed by atoms with Crippen molar-refractivity contribution in [2.45, 2.75) is 25.7 Å². The lowest BCUT2D eigenvalue weighted by atomic mass is 9.93. The summed E-state index contributed by atoms with van der Waals surface area (Å²) in [6.45, 7) is 2.09. The summed E-state index contributed by atoms with van der Waals surface area (Å²) in [7, 11) is 1.75. The molecule has 3 aromatic rings. The first-order valence-corrected chi connectivity index (χ1v) is 10.6. The van der Waals surface area contributed by atoms with E-state index in [-0.39, 0.29) is 0 Å². The number of furan rings is 1. The lowest BCUT2D eigenvalue weighted by molar-refractivity contribution is -0.114. The molecule has 1 aliphatic rings. The van der Waals surface area contributed by atoms with Gasteiger partial charge in [0.1, 0.15) is 11.3 Å². The largest absolute Gasteiger partial charge is 0.460 e. The number of carbonyl (C=O) groups excluding carboxylic acids is 1. The fourth-order valence-electron chi connectivity index (χ4n) is 3.51. The van der Waals surface area contributed by atoms with Crippen molar-refractivity contribution in [1.29, 1.82) is 0 Å². The summed E-state index contributed by atoms with van der Waals surface area (Å²) in [5.74, 6) is 1.60. The van der Waals surface area contributed by atoms with Gasteiger partial charge in [0.15, 0.2) is 0 Å². The van der Waals surface area contributed by atoms with Crippen LogP contribution in [0.5, 0.6) is 0 Å². The van der Waals surface area contributed by atoms with Crippen molar-refractivity contribution < 1.29 is 9.21 Å². The Kier molecular flexibility index (Phi) is 5.18. The molecule has 0 unspecified atom stereocenters. The summed E-state index contributed by atoms with van der Waals surface area (Å²) in [6.07, 6.45) is 7.09. The Morgan fingerprint density at radius 1 is 1.21 bits per heavy atom. The van der Waals surface area contributed by atoms with E-state index in [1.165, 1.54) is 12.8 Å². The highest BCUT2D eigenvalue weighted by Gasteiger charge is 2.28. The molecule has 1 N–H and O–H groups in total. The van der Waals surface area contributed by atoms with Crippen molar-refractivity contribution in [3.63, 3.8) is 0 Å². The molecule has 0 aliphatic heterocycles. The lowest BCUT2D eigenvalue weighted by Gasteiger charge is -2.16. The minimum absolute atomic E-state index is 0.542. The van der Waals surface area contributed by atoms with Gasteiger partial charge in [-0.05, 0) is 49.1 Å². The number of carbonyl (C=O) groups is 1. The molecular weight excluding hydrogens is 368 g/mol. The molecule has 5 heteroatoms. The van der Waals surface area contributed by atoms with Gasteiger partial charge in [-0.25, -0.2) is 0 Å². The Morgan fingerprint density at radius 3 is 2.68 bits per heavy atom. The van der Waals surface area contributed by atoms with E-state index < -0.39 is 0 Å². The number of rotatable bonds is 7. The molecule has 1 amide bonds. The third kappa shape index (κ3) is 3.67. The maximum Gasteiger partial charge on any atom is 0.213 e. The van der Waals surface area contributed by atoms with Gasteiger partial charge in [0.05, 0.1) is 0 Å². The molecule has 1 aromatic heterocycles. The van der Waals surface area contributed by atoms with E-state index in [4.69, 9.17) is 4.42 Å². The summed E-state index contributed by atoms with van der Waals surface area (Å²) >= 11 is 1.56. The fraction of sp³-hybridized carbons (Fsp3) is 0.261. The molecule has 144 valence electrons. The molecule has 0 radical (unpaired) electrons. The number of fused-ring (bicyclic) bond motifs is 1. The van der Waals surface area contributed by atoms with Crippen LogP contribution in [-0.2, 0) is 4.79 Å². The van der Waals surface area contributed by atoms with Gasteiger partial charge in [0.25, 0.3) is 0 Å². The van der Waals surface area contributed by atoms with Crippen LogP contribution in [0.2, 0.25) is 0 Å². The molecule has 4 nitrogen and oxygen atoms in total. The number of hydrogen-bond acceptors (Lipinski definition) is 4. The number of anilines is 1. The Balaban J connectivity index is 1.97. The summed E-state index contributed by atoms with van der Waals surface area (Å²) in [5.41, 5.74) is 6.10. The van der Waals surface area contributed by atoms with Crippen molar-refractivity contribution in [2.24, 2.45) is 0 Å². The highest BCUT2D eigenvalue weighted by Crippen LogP contribution is 2.44. The predicted molar refractivity (Wildman–Crippen MR) is 117 cm³/mol. The third-order valence-corrected chi connectivity index (χ3v) is 5.50. The van der Waals surface area contributed by atoms with E-state index in [1.807, 2.05) is 24.6 Å². The Morgan fingerprint density at radius 2 is 2.00 bits per heavy atom. The van der Waals surface area contributed by atoms with E-state index in [0.717, 1.165) is 51.1 Å². The summed E-state index contributed by atoms with van der Waals surface area (Å²) < 4.78 is 9.68. The quantitative estimate of drug-likeness (QED) is 0.408. The number of amides is 1. The SMILES string of the molecule is CSNc1cc(/C(=C/N(C)C=O)c2ccccc2C)c2oc(C3CC3)cc2c1. The van der Waals surface area contributed by atoms with Crippen molar-refractivity contribution in [3.8, 4) is 0 Å². The average Bonchev–Trinajstić information content (AvgIpc) is 3.46. The van der Waals surface area contributed by atoms with E-state index in [9.17, 15) is 4.79 Å². The first kappa shape index (κ1) is 18.7. The second-order valence-corrected chi connectivity index (χ2v) is 7.91. The zero-order valence-corrected chi connectivity index (χ0v) is 17.2. The van der Waals surface area contributed by atoms with Gasteiger partial charge >= 0.3 is 0 Å². The number of nitrogens with zero attached hydrogens (tertiary/aromatic N) is 1. The summed E-state index contributed by atoms with van der Waals surface area (Å²) in [4.78, 5) is 12.9. The second kappa shape index (κ2) is 7.76. The van der Waals surface area contributed by atoms with Crippen LogP contribution in [0.25, 0.3) is 16.5 Å². The Bertz CT molecular complexity index is 1050. The van der Waals surface area contributed by atoms with E-state index >= 15 is 0 Å². The normalized spacial score (nSPS) is 14.3. The molecule has 1 aliphatic carbocycles. The second-order valence-electron chi connectivity index (χ2n) is 7.30. The summed E-state index contributed by atoms with van der Waals surface area (Å²) in [5, 5.41) is 1.09. The molecule has 0 spiro atoms. The van der Waals surface area contributed by atoms with Crippen LogP contribution in [0, 0.1) is 6.92 Å². The highest BCUT2D eigenvalue weighted by atomic mass is 32.2. The first-order valence-electron chi connectivity index (χ1n) is 9.42. The maximum atomic E-state index is 11.4. The van der Waals surface area contributed by atoms with Gasteiger partial charge in [-0.2, -0.15) is 0 Å². The van der Waals surface area contributed by atoms with E-state index in [0.29, 0.717) is 5.92 Å². The third-order valence-electron chi connectivity index (χ3n) is 5.06. The van der Waals surface area contributed by atoms with Crippen molar-refractivity contribution >= 4 is 40.6 Å². The molecule has 0 bridgehead atoms. The lowest BCUT2D eigenvalue weighted by Crippen LogP contribution is -2.09. The maximum absolute atomic E-state index is 11.4. The zero-order valence-electron chi connectivity index (χ0n) is 16.4. The Hall–Kier alpha value is -2.66. The smallest absolute Gasteiger partial charge is 0.213 e. The monoisotopic (exact) mass is 392 g/mol. The predicted octanol–water partition coefficient (Wildman–Crippen LogP) is 5.79. The van der Waals surface area contributed by atoms with E-state index in [2.05, 4.69) is 42.0 Å². The molecular formula is C23H24N2O2S.